The third kappa shape index (κ3) is 5.08. The van der Waals surface area contributed by atoms with Crippen LogP contribution in [-0.2, 0) is 6.54 Å². The molecule has 1 aliphatic heterocycles. The largest absolute Gasteiger partial charge is 0.369 e. The zero-order valence-electron chi connectivity index (χ0n) is 13.6. The van der Waals surface area contributed by atoms with Crippen molar-refractivity contribution >= 4 is 29.1 Å². The molecule has 2 nitrogen and oxygen atoms in total. The molecule has 21 heavy (non-hydrogen) atoms. The molecule has 1 aliphatic rings. The van der Waals surface area contributed by atoms with Crippen LogP contribution in [0.4, 0.5) is 5.69 Å². The maximum Gasteiger partial charge on any atom is 0.0427 e. The van der Waals surface area contributed by atoms with Gasteiger partial charge in [-0.3, -0.25) is 0 Å². The van der Waals surface area contributed by atoms with Gasteiger partial charge in [-0.1, -0.05) is 24.6 Å². The number of rotatable bonds is 4. The third-order valence-corrected chi connectivity index (χ3v) is 5.40. The van der Waals surface area contributed by atoms with Crippen molar-refractivity contribution in [3.63, 3.8) is 0 Å². The quantitative estimate of drug-likeness (QED) is 0.873. The van der Waals surface area contributed by atoms with Crippen molar-refractivity contribution in [2.75, 3.05) is 23.7 Å². The molecule has 1 aromatic rings. The number of hydrogen-bond donors (Lipinski definition) is 1. The summed E-state index contributed by atoms with van der Waals surface area (Å²) in [5.74, 6) is 1.21. The van der Waals surface area contributed by atoms with Gasteiger partial charge in [0.05, 0.1) is 0 Å². The average molecular weight is 327 g/mol. The predicted molar refractivity (Wildman–Crippen MR) is 96.8 cm³/mol. The molecule has 118 valence electrons. The van der Waals surface area contributed by atoms with E-state index in [4.69, 9.17) is 11.6 Å². The minimum Gasteiger partial charge on any atom is -0.369 e. The molecule has 0 bridgehead atoms. The second-order valence-electron chi connectivity index (χ2n) is 6.72. The van der Waals surface area contributed by atoms with E-state index < -0.39 is 0 Å². The molecule has 0 aromatic heterocycles. The van der Waals surface area contributed by atoms with Crippen LogP contribution in [0.15, 0.2) is 18.2 Å². The van der Waals surface area contributed by atoms with E-state index in [0.717, 1.165) is 29.9 Å². The van der Waals surface area contributed by atoms with Crippen molar-refractivity contribution in [2.45, 2.75) is 51.4 Å². The topological polar surface area (TPSA) is 15.3 Å². The predicted octanol–water partition coefficient (Wildman–Crippen LogP) is 4.56. The van der Waals surface area contributed by atoms with Gasteiger partial charge in [0.25, 0.3) is 0 Å². The molecule has 1 aromatic carbocycles. The van der Waals surface area contributed by atoms with Crippen molar-refractivity contribution in [3.05, 3.63) is 28.8 Å². The number of halogens is 1. The lowest BCUT2D eigenvalue weighted by atomic mass is 10.1. The minimum atomic E-state index is 0.126. The Morgan fingerprint density at radius 3 is 2.81 bits per heavy atom. The van der Waals surface area contributed by atoms with Crippen molar-refractivity contribution < 1.29 is 0 Å². The van der Waals surface area contributed by atoms with Crippen molar-refractivity contribution in [3.8, 4) is 0 Å². The lowest BCUT2D eigenvalue weighted by Crippen LogP contribution is -2.39. The first-order valence-electron chi connectivity index (χ1n) is 7.79. The van der Waals surface area contributed by atoms with E-state index in [-0.39, 0.29) is 5.54 Å². The Labute approximate surface area is 138 Å². The highest BCUT2D eigenvalue weighted by Gasteiger charge is 2.21. The van der Waals surface area contributed by atoms with Crippen LogP contribution in [0.5, 0.6) is 0 Å². The summed E-state index contributed by atoms with van der Waals surface area (Å²) >= 11 is 8.34. The van der Waals surface area contributed by atoms with Gasteiger partial charge in [0, 0.05) is 46.9 Å². The number of anilines is 1. The standard InChI is InChI=1S/C17H27ClN2S/c1-5-15-12-20(8-9-21-15)16-10-14(18)7-6-13(16)11-19-17(2,3)4/h6-7,10,15,19H,5,8-9,11-12H2,1-4H3. The van der Waals surface area contributed by atoms with E-state index >= 15 is 0 Å². The van der Waals surface area contributed by atoms with Gasteiger partial charge in [-0.2, -0.15) is 11.8 Å². The number of nitrogens with one attached hydrogen (secondary N) is 1. The maximum absolute atomic E-state index is 6.24. The summed E-state index contributed by atoms with van der Waals surface area (Å²) in [6.07, 6.45) is 1.23. The highest BCUT2D eigenvalue weighted by Crippen LogP contribution is 2.30. The summed E-state index contributed by atoms with van der Waals surface area (Å²) in [6.45, 7) is 12.0. The molecule has 1 atom stereocenters. The zero-order valence-corrected chi connectivity index (χ0v) is 15.2. The molecule has 1 heterocycles. The van der Waals surface area contributed by atoms with Gasteiger partial charge < -0.3 is 10.2 Å². The van der Waals surface area contributed by atoms with Crippen molar-refractivity contribution in [1.29, 1.82) is 0 Å². The molecule has 0 aliphatic carbocycles. The van der Waals surface area contributed by atoms with Crippen LogP contribution in [-0.4, -0.2) is 29.6 Å². The van der Waals surface area contributed by atoms with Crippen molar-refractivity contribution in [2.24, 2.45) is 0 Å². The second-order valence-corrected chi connectivity index (χ2v) is 8.57. The molecule has 0 spiro atoms. The fraction of sp³-hybridized carbons (Fsp3) is 0.647. The maximum atomic E-state index is 6.24. The molecule has 1 N–H and O–H groups in total. The Kier molecular flexibility index (Phi) is 5.87. The normalized spacial score (nSPS) is 19.9. The minimum absolute atomic E-state index is 0.126. The van der Waals surface area contributed by atoms with Crippen LogP contribution in [0.1, 0.15) is 39.7 Å². The molecule has 1 fully saturated rings. The molecule has 0 amide bonds. The molecule has 2 rings (SSSR count). The summed E-state index contributed by atoms with van der Waals surface area (Å²) in [5.41, 5.74) is 2.77. The van der Waals surface area contributed by atoms with Gasteiger partial charge in [0.1, 0.15) is 0 Å². The first-order chi connectivity index (χ1) is 9.89. The lowest BCUT2D eigenvalue weighted by Gasteiger charge is -2.35. The van der Waals surface area contributed by atoms with Crippen LogP contribution in [0, 0.1) is 0 Å². The van der Waals surface area contributed by atoms with E-state index in [1.807, 2.05) is 6.07 Å². The Hall–Kier alpha value is -0.380. The number of benzene rings is 1. The van der Waals surface area contributed by atoms with Gasteiger partial charge in [-0.05, 0) is 44.9 Å². The number of hydrogen-bond acceptors (Lipinski definition) is 3. The third-order valence-electron chi connectivity index (χ3n) is 3.79. The van der Waals surface area contributed by atoms with Gasteiger partial charge in [0.2, 0.25) is 0 Å². The molecule has 4 heteroatoms. The van der Waals surface area contributed by atoms with Gasteiger partial charge in [0.15, 0.2) is 0 Å². The fourth-order valence-corrected chi connectivity index (χ4v) is 3.87. The Morgan fingerprint density at radius 2 is 2.14 bits per heavy atom. The molecular weight excluding hydrogens is 300 g/mol. The highest BCUT2D eigenvalue weighted by atomic mass is 35.5. The molecule has 1 saturated heterocycles. The summed E-state index contributed by atoms with van der Waals surface area (Å²) < 4.78 is 0. The average Bonchev–Trinajstić information content (AvgIpc) is 2.45. The Balaban J connectivity index is 2.18. The lowest BCUT2D eigenvalue weighted by molar-refractivity contribution is 0.424. The Bertz CT molecular complexity index is 470. The first-order valence-corrected chi connectivity index (χ1v) is 9.21. The van der Waals surface area contributed by atoms with Crippen LogP contribution in [0.3, 0.4) is 0 Å². The van der Waals surface area contributed by atoms with Gasteiger partial charge in [-0.25, -0.2) is 0 Å². The Morgan fingerprint density at radius 1 is 1.38 bits per heavy atom. The van der Waals surface area contributed by atoms with Crippen LogP contribution in [0.25, 0.3) is 0 Å². The summed E-state index contributed by atoms with van der Waals surface area (Å²) in [6, 6.07) is 6.30. The van der Waals surface area contributed by atoms with E-state index in [9.17, 15) is 0 Å². The summed E-state index contributed by atoms with van der Waals surface area (Å²) in [7, 11) is 0. The number of nitrogens with zero attached hydrogens (tertiary/aromatic N) is 1. The monoisotopic (exact) mass is 326 g/mol. The summed E-state index contributed by atoms with van der Waals surface area (Å²) in [5, 5.41) is 5.15. The van der Waals surface area contributed by atoms with Gasteiger partial charge >= 0.3 is 0 Å². The first kappa shape index (κ1) is 17.0. The van der Waals surface area contributed by atoms with E-state index in [1.54, 1.807) is 0 Å². The van der Waals surface area contributed by atoms with Crippen molar-refractivity contribution in [1.82, 2.24) is 5.32 Å². The second kappa shape index (κ2) is 7.26. The molecule has 1 unspecified atom stereocenters. The highest BCUT2D eigenvalue weighted by molar-refractivity contribution is 8.00. The van der Waals surface area contributed by atoms with Crippen LogP contribution >= 0.6 is 23.4 Å². The van der Waals surface area contributed by atoms with Gasteiger partial charge in [-0.15, -0.1) is 0 Å². The van der Waals surface area contributed by atoms with E-state index in [0.29, 0.717) is 0 Å². The van der Waals surface area contributed by atoms with Crippen LogP contribution < -0.4 is 10.2 Å². The smallest absolute Gasteiger partial charge is 0.0427 e. The number of thioether (sulfide) groups is 1. The fourth-order valence-electron chi connectivity index (χ4n) is 2.53. The van der Waals surface area contributed by atoms with Crippen LogP contribution in [0.2, 0.25) is 5.02 Å². The summed E-state index contributed by atoms with van der Waals surface area (Å²) in [4.78, 5) is 2.51. The SMILES string of the molecule is CCC1CN(c2cc(Cl)ccc2CNC(C)(C)C)CCS1. The molecular formula is C17H27ClN2S. The molecule has 0 radical (unpaired) electrons. The molecule has 0 saturated carbocycles. The zero-order chi connectivity index (χ0) is 15.5. The van der Waals surface area contributed by atoms with E-state index in [1.165, 1.54) is 23.4 Å². The van der Waals surface area contributed by atoms with E-state index in [2.05, 4.69) is 61.8 Å².